The second kappa shape index (κ2) is 6.40. The zero-order chi connectivity index (χ0) is 16.3. The van der Waals surface area contributed by atoms with Gasteiger partial charge in [0, 0.05) is 17.8 Å². The number of nitrogens with zero attached hydrogens (tertiary/aromatic N) is 2. The molecule has 1 aliphatic rings. The lowest BCUT2D eigenvalue weighted by Gasteiger charge is -2.29. The van der Waals surface area contributed by atoms with Gasteiger partial charge >= 0.3 is 10.2 Å². The van der Waals surface area contributed by atoms with Gasteiger partial charge in [-0.05, 0) is 0 Å². The van der Waals surface area contributed by atoms with E-state index in [0.29, 0.717) is 0 Å². The number of hydrogen-bond acceptors (Lipinski definition) is 4. The minimum Gasteiger partial charge on any atom is -0.594 e. The smallest absolute Gasteiger partial charge is 0.322 e. The predicted octanol–water partition coefficient (Wildman–Crippen LogP) is -0.440. The van der Waals surface area contributed by atoms with Crippen molar-refractivity contribution in [2.75, 3.05) is 14.1 Å². The predicted molar refractivity (Wildman–Crippen MR) is 79.5 cm³/mol. The molecular weight excluding hydrogens is 294 g/mol. The number of hydrogen-bond donors (Lipinski definition) is 1. The van der Waals surface area contributed by atoms with Gasteiger partial charge in [0.05, 0.1) is 6.04 Å². The van der Waals surface area contributed by atoms with Crippen LogP contribution in [-0.4, -0.2) is 50.5 Å². The Balaban J connectivity index is 2.76. The molecule has 0 amide bonds. The third kappa shape index (κ3) is 6.54. The van der Waals surface area contributed by atoms with Crippen LogP contribution in [0.15, 0.2) is 28.7 Å². The van der Waals surface area contributed by atoms with Crippen molar-refractivity contribution in [1.82, 2.24) is 4.72 Å². The summed E-state index contributed by atoms with van der Waals surface area (Å²) in [6, 6.07) is -0.551. The molecule has 0 bridgehead atoms. The van der Waals surface area contributed by atoms with E-state index in [0.717, 1.165) is 5.71 Å². The maximum absolute atomic E-state index is 11.7. The molecule has 0 aromatic heterocycles. The minimum absolute atomic E-state index is 0.551. The highest BCUT2D eigenvalue weighted by Crippen LogP contribution is 2.07. The monoisotopic (exact) mass is 315 g/mol. The highest BCUT2D eigenvalue weighted by atomic mass is 32.2. The number of nitrogens with one attached hydrogen (secondary N) is 1. The second-order valence-corrected chi connectivity index (χ2v) is 7.10. The lowest BCUT2D eigenvalue weighted by Crippen LogP contribution is -2.37. The summed E-state index contributed by atoms with van der Waals surface area (Å²) in [6.45, 7) is 4.89. The van der Waals surface area contributed by atoms with Gasteiger partial charge in [0.2, 0.25) is 0 Å². The molecule has 21 heavy (non-hydrogen) atoms. The fraction of sp³-hybridized carbons (Fsp3) is 0.538. The summed E-state index contributed by atoms with van der Waals surface area (Å²) >= 11 is 0. The Morgan fingerprint density at radius 2 is 1.86 bits per heavy atom. The molecule has 8 heteroatoms. The summed E-state index contributed by atoms with van der Waals surface area (Å²) in [6.07, 6.45) is 5.75. The highest BCUT2D eigenvalue weighted by Gasteiger charge is 2.17. The standard InChI is InChI=1S/C13H21N3O4S/c1-13(2,3)20-12(17)15-21(18,19)14-10-6-8-11(9-7-10)16(4)5/h6-10,14H,1-5H3. The Labute approximate surface area is 125 Å². The topological polar surface area (TPSA) is 93.8 Å². The van der Waals surface area contributed by atoms with Crippen LogP contribution in [0.4, 0.5) is 0 Å². The van der Waals surface area contributed by atoms with Gasteiger partial charge in [-0.2, -0.15) is 13.1 Å². The van der Waals surface area contributed by atoms with Gasteiger partial charge in [0.15, 0.2) is 11.8 Å². The first-order chi connectivity index (χ1) is 9.48. The molecule has 0 atom stereocenters. The first-order valence-corrected chi connectivity index (χ1v) is 7.81. The van der Waals surface area contributed by atoms with Gasteiger partial charge < -0.3 is 9.84 Å². The minimum atomic E-state index is -4.12. The first-order valence-electron chi connectivity index (χ1n) is 6.37. The first kappa shape index (κ1) is 17.4. The molecule has 1 N–H and O–H groups in total. The van der Waals surface area contributed by atoms with Crippen LogP contribution in [0, 0.1) is 0 Å². The summed E-state index contributed by atoms with van der Waals surface area (Å²) < 4.78 is 35.6. The zero-order valence-electron chi connectivity index (χ0n) is 12.8. The van der Waals surface area contributed by atoms with E-state index in [1.54, 1.807) is 45.1 Å². The Morgan fingerprint density at radius 3 is 2.29 bits per heavy atom. The van der Waals surface area contributed by atoms with Crippen LogP contribution < -0.4 is 9.83 Å². The molecule has 118 valence electrons. The Bertz CT molecular complexity index is 590. The molecule has 0 aromatic carbocycles. The molecule has 0 aliphatic heterocycles. The molecular formula is C13H21N3O4S. The van der Waals surface area contributed by atoms with Gasteiger partial charge in [0.1, 0.15) is 14.1 Å². The third-order valence-corrected chi connectivity index (χ3v) is 3.30. The summed E-state index contributed by atoms with van der Waals surface area (Å²) in [5, 5.41) is 11.4. The van der Waals surface area contributed by atoms with Gasteiger partial charge in [-0.1, -0.05) is 32.9 Å². The van der Waals surface area contributed by atoms with Crippen LogP contribution in [0.5, 0.6) is 0 Å². The normalized spacial score (nSPS) is 19.8. The largest absolute Gasteiger partial charge is 0.594 e. The van der Waals surface area contributed by atoms with Crippen LogP contribution in [-0.2, 0) is 14.9 Å². The number of ether oxygens (including phenoxy) is 1. The molecule has 0 saturated carbocycles. The van der Waals surface area contributed by atoms with E-state index in [1.807, 2.05) is 18.7 Å². The molecule has 0 fully saturated rings. The van der Waals surface area contributed by atoms with Crippen LogP contribution in [0.2, 0.25) is 0 Å². The van der Waals surface area contributed by atoms with Crippen molar-refractivity contribution in [2.45, 2.75) is 32.4 Å². The molecule has 0 heterocycles. The second-order valence-electron chi connectivity index (χ2n) is 5.73. The van der Waals surface area contributed by atoms with Gasteiger partial charge in [-0.3, -0.25) is 0 Å². The average molecular weight is 315 g/mol. The molecule has 1 rings (SSSR count). The molecule has 0 saturated heterocycles. The van der Waals surface area contributed by atoms with Gasteiger partial charge in [-0.25, -0.2) is 4.58 Å². The van der Waals surface area contributed by atoms with Crippen LogP contribution in [0.3, 0.4) is 0 Å². The average Bonchev–Trinajstić information content (AvgIpc) is 2.24. The van der Waals surface area contributed by atoms with E-state index in [9.17, 15) is 13.5 Å². The van der Waals surface area contributed by atoms with E-state index in [2.05, 4.69) is 9.12 Å². The molecule has 7 nitrogen and oxygen atoms in total. The van der Waals surface area contributed by atoms with Gasteiger partial charge in [0.25, 0.3) is 0 Å². The van der Waals surface area contributed by atoms with Crippen molar-refractivity contribution in [1.29, 1.82) is 0 Å². The Kier molecular flexibility index (Phi) is 5.30. The summed E-state index contributed by atoms with van der Waals surface area (Å²) in [4.78, 5) is 0. The van der Waals surface area contributed by atoms with Crippen molar-refractivity contribution in [2.24, 2.45) is 4.40 Å². The van der Waals surface area contributed by atoms with E-state index in [-0.39, 0.29) is 0 Å². The quantitative estimate of drug-likeness (QED) is 0.434. The lowest BCUT2D eigenvalue weighted by atomic mass is 10.1. The molecule has 0 aromatic rings. The molecule has 0 unspecified atom stereocenters. The number of rotatable bonds is 3. The molecule has 0 spiro atoms. The van der Waals surface area contributed by atoms with Crippen LogP contribution in [0.25, 0.3) is 0 Å². The Morgan fingerprint density at radius 1 is 1.33 bits per heavy atom. The summed E-state index contributed by atoms with van der Waals surface area (Å²) in [7, 11) is -0.353. The Hall–Kier alpha value is -1.67. The zero-order valence-corrected chi connectivity index (χ0v) is 13.6. The fourth-order valence-corrected chi connectivity index (χ4v) is 2.27. The summed E-state index contributed by atoms with van der Waals surface area (Å²) in [5.74, 6) is 0. The van der Waals surface area contributed by atoms with Crippen molar-refractivity contribution in [3.05, 3.63) is 24.3 Å². The third-order valence-electron chi connectivity index (χ3n) is 2.34. The van der Waals surface area contributed by atoms with E-state index < -0.39 is 27.9 Å². The van der Waals surface area contributed by atoms with E-state index in [4.69, 9.17) is 4.74 Å². The van der Waals surface area contributed by atoms with Crippen molar-refractivity contribution in [3.8, 4) is 0 Å². The SMILES string of the molecule is C[N+](C)=C1C=CC(NS(=O)(=O)N=C([O-])OC(C)(C)C)C=C1. The van der Waals surface area contributed by atoms with Crippen molar-refractivity contribution >= 4 is 22.0 Å². The summed E-state index contributed by atoms with van der Waals surface area (Å²) in [5.41, 5.74) is 0.144. The molecule has 1 aliphatic carbocycles. The van der Waals surface area contributed by atoms with Crippen LogP contribution in [0.1, 0.15) is 20.8 Å². The van der Waals surface area contributed by atoms with E-state index in [1.165, 1.54) is 0 Å². The number of allylic oxidation sites excluding steroid dienone is 2. The lowest BCUT2D eigenvalue weighted by molar-refractivity contribution is -0.462. The van der Waals surface area contributed by atoms with E-state index >= 15 is 0 Å². The molecule has 0 radical (unpaired) electrons. The maximum atomic E-state index is 11.7. The van der Waals surface area contributed by atoms with Crippen LogP contribution >= 0.6 is 0 Å². The van der Waals surface area contributed by atoms with Crippen molar-refractivity contribution in [3.63, 3.8) is 0 Å². The van der Waals surface area contributed by atoms with Crippen molar-refractivity contribution < 1.29 is 22.8 Å². The maximum Gasteiger partial charge on any atom is 0.322 e. The van der Waals surface area contributed by atoms with Gasteiger partial charge in [-0.15, -0.1) is 4.40 Å². The fourth-order valence-electron chi connectivity index (χ4n) is 1.48. The highest BCUT2D eigenvalue weighted by molar-refractivity contribution is 7.88.